The lowest BCUT2D eigenvalue weighted by molar-refractivity contribution is 0.113. The molecule has 0 saturated carbocycles. The predicted molar refractivity (Wildman–Crippen MR) is 126 cm³/mol. The molecule has 3 aliphatic rings. The van der Waals surface area contributed by atoms with Crippen LogP contribution in [-0.4, -0.2) is 60.8 Å². The molecule has 0 aromatic heterocycles. The number of anilines is 2. The average molecular weight is 435 g/mol. The Morgan fingerprint density at radius 1 is 1.03 bits per heavy atom. The fraction of sp³-hybridized carbons (Fsp3) is 0.440. The van der Waals surface area contributed by atoms with E-state index in [0.29, 0.717) is 25.0 Å². The first-order valence-corrected chi connectivity index (χ1v) is 11.5. The number of benzene rings is 2. The van der Waals surface area contributed by atoms with Crippen molar-refractivity contribution in [2.24, 2.45) is 11.0 Å². The van der Waals surface area contributed by atoms with E-state index in [9.17, 15) is 9.90 Å². The minimum Gasteiger partial charge on any atom is -0.450 e. The van der Waals surface area contributed by atoms with Crippen molar-refractivity contribution < 1.29 is 14.6 Å². The molecule has 2 aromatic rings. The molecule has 1 N–H and O–H groups in total. The summed E-state index contributed by atoms with van der Waals surface area (Å²) >= 11 is 0. The summed E-state index contributed by atoms with van der Waals surface area (Å²) < 4.78 is 5.19. The number of hydrogen-bond acceptors (Lipinski definition) is 6. The van der Waals surface area contributed by atoms with E-state index in [1.54, 1.807) is 5.01 Å². The molecule has 3 heterocycles. The number of rotatable bonds is 4. The summed E-state index contributed by atoms with van der Waals surface area (Å²) in [5.41, 5.74) is 4.38. The van der Waals surface area contributed by atoms with Gasteiger partial charge in [-0.2, -0.15) is 5.10 Å². The van der Waals surface area contributed by atoms with Crippen molar-refractivity contribution in [3.05, 3.63) is 48.5 Å². The van der Waals surface area contributed by atoms with Gasteiger partial charge in [-0.3, -0.25) is 0 Å². The van der Waals surface area contributed by atoms with Gasteiger partial charge in [0.2, 0.25) is 0 Å². The number of aliphatic hydroxyl groups excluding tert-OH is 1. The van der Waals surface area contributed by atoms with Crippen LogP contribution >= 0.6 is 0 Å². The highest BCUT2D eigenvalue weighted by atomic mass is 16.6. The number of ether oxygens (including phenoxy) is 1. The number of hydrazone groups is 1. The van der Waals surface area contributed by atoms with Gasteiger partial charge in [-0.1, -0.05) is 24.3 Å². The fourth-order valence-electron chi connectivity index (χ4n) is 5.11. The van der Waals surface area contributed by atoms with Gasteiger partial charge in [0.05, 0.1) is 18.3 Å². The van der Waals surface area contributed by atoms with Gasteiger partial charge in [-0.25, -0.2) is 9.80 Å². The highest BCUT2D eigenvalue weighted by molar-refractivity contribution is 5.71. The molecule has 0 aliphatic carbocycles. The molecule has 2 fully saturated rings. The summed E-state index contributed by atoms with van der Waals surface area (Å²) in [6, 6.07) is 17.2. The van der Waals surface area contributed by atoms with Crippen molar-refractivity contribution in [1.29, 1.82) is 0 Å². The van der Waals surface area contributed by atoms with E-state index in [1.165, 1.54) is 5.69 Å². The fourth-order valence-corrected chi connectivity index (χ4v) is 5.11. The van der Waals surface area contributed by atoms with Crippen molar-refractivity contribution in [3.8, 4) is 11.1 Å². The number of nitrogens with zero attached hydrogens (tertiary/aromatic N) is 4. The maximum absolute atomic E-state index is 12.1. The molecule has 7 nitrogen and oxygen atoms in total. The van der Waals surface area contributed by atoms with Crippen LogP contribution in [0.1, 0.15) is 26.2 Å². The van der Waals surface area contributed by atoms with E-state index in [-0.39, 0.29) is 6.09 Å². The normalized spacial score (nSPS) is 24.7. The molecule has 2 aromatic carbocycles. The minimum absolute atomic E-state index is 0.191. The molecule has 1 unspecified atom stereocenters. The second kappa shape index (κ2) is 8.82. The Bertz CT molecular complexity index is 976. The van der Waals surface area contributed by atoms with E-state index in [1.807, 2.05) is 30.2 Å². The van der Waals surface area contributed by atoms with Crippen LogP contribution in [0, 0.1) is 5.92 Å². The Morgan fingerprint density at radius 3 is 2.38 bits per heavy atom. The zero-order valence-corrected chi connectivity index (χ0v) is 18.4. The number of aliphatic hydroxyl groups is 1. The van der Waals surface area contributed by atoms with Gasteiger partial charge in [-0.15, -0.1) is 0 Å². The van der Waals surface area contributed by atoms with Crippen molar-refractivity contribution >= 4 is 23.7 Å². The Labute approximate surface area is 188 Å². The second-order valence-corrected chi connectivity index (χ2v) is 8.71. The summed E-state index contributed by atoms with van der Waals surface area (Å²) in [6.45, 7) is 4.82. The van der Waals surface area contributed by atoms with Crippen molar-refractivity contribution in [3.63, 3.8) is 0 Å². The van der Waals surface area contributed by atoms with Gasteiger partial charge in [-0.05, 0) is 61.6 Å². The van der Waals surface area contributed by atoms with E-state index >= 15 is 0 Å². The summed E-state index contributed by atoms with van der Waals surface area (Å²) in [7, 11) is 0. The first-order valence-electron chi connectivity index (χ1n) is 11.5. The first-order chi connectivity index (χ1) is 15.6. The van der Waals surface area contributed by atoms with Gasteiger partial charge >= 0.3 is 6.09 Å². The zero-order chi connectivity index (χ0) is 22.1. The molecule has 2 saturated heterocycles. The molecular formula is C25H30N4O3. The predicted octanol–water partition coefficient (Wildman–Crippen LogP) is 3.93. The minimum atomic E-state index is -0.565. The van der Waals surface area contributed by atoms with Crippen LogP contribution in [0.4, 0.5) is 16.2 Å². The summed E-state index contributed by atoms with van der Waals surface area (Å²) in [6.07, 6.45) is 3.70. The third-order valence-electron chi connectivity index (χ3n) is 6.78. The Balaban J connectivity index is 1.27. The van der Waals surface area contributed by atoms with Crippen LogP contribution in [0.15, 0.2) is 53.6 Å². The van der Waals surface area contributed by atoms with Crippen LogP contribution in [0.3, 0.4) is 0 Å². The maximum Gasteiger partial charge on any atom is 0.409 e. The third-order valence-corrected chi connectivity index (χ3v) is 6.78. The lowest BCUT2D eigenvalue weighted by atomic mass is 10.0. The standard InChI is InChI=1S/C25H30N4O3/c1-2-32-25(31)27-16-20-13-15-28(23(20)17-27)21-9-5-18(6-10-21)19-7-11-22(12-8-19)29-24(30)4-3-14-26-29/h5-12,14,20,23-24,30H,2-4,13,15-17H2,1H3/t20-,23+,24?/m1/s1. The van der Waals surface area contributed by atoms with E-state index in [2.05, 4.69) is 46.4 Å². The lowest BCUT2D eigenvalue weighted by Crippen LogP contribution is -2.37. The molecule has 7 heteroatoms. The smallest absolute Gasteiger partial charge is 0.409 e. The number of fused-ring (bicyclic) bond motifs is 1. The zero-order valence-electron chi connectivity index (χ0n) is 18.4. The summed E-state index contributed by atoms with van der Waals surface area (Å²) in [5, 5.41) is 16.1. The van der Waals surface area contributed by atoms with Gasteiger partial charge < -0.3 is 19.6 Å². The van der Waals surface area contributed by atoms with Crippen molar-refractivity contribution in [2.45, 2.75) is 38.5 Å². The number of carbonyl (C=O) groups excluding carboxylic acids is 1. The number of amides is 1. The molecule has 3 atom stereocenters. The average Bonchev–Trinajstić information content (AvgIpc) is 3.41. The Hall–Kier alpha value is -3.06. The highest BCUT2D eigenvalue weighted by Crippen LogP contribution is 2.36. The quantitative estimate of drug-likeness (QED) is 0.790. The molecule has 32 heavy (non-hydrogen) atoms. The van der Waals surface area contributed by atoms with Crippen LogP contribution in [-0.2, 0) is 4.74 Å². The number of hydrogen-bond donors (Lipinski definition) is 1. The maximum atomic E-state index is 12.1. The highest BCUT2D eigenvalue weighted by Gasteiger charge is 2.43. The molecule has 0 bridgehead atoms. The molecular weight excluding hydrogens is 404 g/mol. The second-order valence-electron chi connectivity index (χ2n) is 8.71. The van der Waals surface area contributed by atoms with E-state index in [4.69, 9.17) is 4.74 Å². The van der Waals surface area contributed by atoms with Crippen LogP contribution in [0.2, 0.25) is 0 Å². The Morgan fingerprint density at radius 2 is 1.72 bits per heavy atom. The largest absolute Gasteiger partial charge is 0.450 e. The molecule has 0 spiro atoms. The summed E-state index contributed by atoms with van der Waals surface area (Å²) in [4.78, 5) is 16.4. The first kappa shape index (κ1) is 20.8. The lowest BCUT2D eigenvalue weighted by Gasteiger charge is -2.28. The third kappa shape index (κ3) is 3.93. The molecule has 1 amide bonds. The van der Waals surface area contributed by atoms with Gasteiger partial charge in [0.15, 0.2) is 0 Å². The topological polar surface area (TPSA) is 68.6 Å². The van der Waals surface area contributed by atoms with E-state index in [0.717, 1.165) is 49.3 Å². The van der Waals surface area contributed by atoms with Gasteiger partial charge in [0.1, 0.15) is 6.23 Å². The monoisotopic (exact) mass is 434 g/mol. The SMILES string of the molecule is CCOC(=O)N1C[C@H]2CCN(c3ccc(-c4ccc(N5N=CCCC5O)cc4)cc3)[C@H]2C1. The van der Waals surface area contributed by atoms with Crippen molar-refractivity contribution in [2.75, 3.05) is 36.1 Å². The van der Waals surface area contributed by atoms with Crippen molar-refractivity contribution in [1.82, 2.24) is 4.90 Å². The molecule has 3 aliphatic heterocycles. The van der Waals surface area contributed by atoms with Crippen LogP contribution in [0.25, 0.3) is 11.1 Å². The molecule has 5 rings (SSSR count). The van der Waals surface area contributed by atoms with Crippen LogP contribution < -0.4 is 9.91 Å². The number of carbonyl (C=O) groups is 1. The van der Waals surface area contributed by atoms with Gasteiger partial charge in [0, 0.05) is 37.5 Å². The number of likely N-dealkylation sites (tertiary alicyclic amines) is 1. The van der Waals surface area contributed by atoms with E-state index < -0.39 is 6.23 Å². The van der Waals surface area contributed by atoms with Crippen LogP contribution in [0.5, 0.6) is 0 Å². The molecule has 168 valence electrons. The molecule has 0 radical (unpaired) electrons. The summed E-state index contributed by atoms with van der Waals surface area (Å²) in [5.74, 6) is 0.513. The Kier molecular flexibility index (Phi) is 5.74. The van der Waals surface area contributed by atoms with Gasteiger partial charge in [0.25, 0.3) is 0 Å².